The number of piperazine rings is 1. The van der Waals surface area contributed by atoms with Crippen LogP contribution in [0, 0.1) is 0 Å². The van der Waals surface area contributed by atoms with Gasteiger partial charge in [0.15, 0.2) is 0 Å². The van der Waals surface area contributed by atoms with Crippen molar-refractivity contribution in [3.05, 3.63) is 12.3 Å². The van der Waals surface area contributed by atoms with Crippen molar-refractivity contribution in [2.24, 2.45) is 0 Å². The number of amides is 1. The summed E-state index contributed by atoms with van der Waals surface area (Å²) in [7, 11) is 2.09. The van der Waals surface area contributed by atoms with E-state index in [2.05, 4.69) is 23.4 Å². The molecule has 1 atom stereocenters. The van der Waals surface area contributed by atoms with Gasteiger partial charge in [-0.2, -0.15) is 0 Å². The Hall–Kier alpha value is -1.07. The molecule has 0 spiro atoms. The molecule has 0 aromatic rings. The van der Waals surface area contributed by atoms with Crippen LogP contribution in [0.4, 0.5) is 0 Å². The Balaban J connectivity index is 2.00. The predicted molar refractivity (Wildman–Crippen MR) is 70.2 cm³/mol. The summed E-state index contributed by atoms with van der Waals surface area (Å²) >= 11 is 0. The SMILES string of the molecule is C=C(C)N1CCOCC1C(=O)N1CCN(C)CC1. The lowest BCUT2D eigenvalue weighted by Crippen LogP contribution is -2.57. The Labute approximate surface area is 109 Å². The van der Waals surface area contributed by atoms with Crippen LogP contribution in [0.3, 0.4) is 0 Å². The van der Waals surface area contributed by atoms with Crippen molar-refractivity contribution in [1.29, 1.82) is 0 Å². The highest BCUT2D eigenvalue weighted by molar-refractivity contribution is 5.82. The molecule has 2 heterocycles. The van der Waals surface area contributed by atoms with E-state index in [-0.39, 0.29) is 11.9 Å². The highest BCUT2D eigenvalue weighted by Crippen LogP contribution is 2.15. The molecule has 102 valence electrons. The lowest BCUT2D eigenvalue weighted by Gasteiger charge is -2.41. The van der Waals surface area contributed by atoms with Gasteiger partial charge in [-0.3, -0.25) is 4.79 Å². The number of nitrogens with zero attached hydrogens (tertiary/aromatic N) is 3. The first-order valence-corrected chi connectivity index (χ1v) is 6.57. The summed E-state index contributed by atoms with van der Waals surface area (Å²) in [6, 6.07) is -0.181. The van der Waals surface area contributed by atoms with Gasteiger partial charge in [0.2, 0.25) is 5.91 Å². The van der Waals surface area contributed by atoms with Gasteiger partial charge in [-0.05, 0) is 14.0 Å². The second kappa shape index (κ2) is 5.71. The van der Waals surface area contributed by atoms with Crippen LogP contribution in [-0.2, 0) is 9.53 Å². The molecule has 2 rings (SSSR count). The van der Waals surface area contributed by atoms with Crippen molar-refractivity contribution in [2.45, 2.75) is 13.0 Å². The predicted octanol–water partition coefficient (Wildman–Crippen LogP) is -0.00520. The minimum absolute atomic E-state index is 0.181. The third kappa shape index (κ3) is 2.84. The van der Waals surface area contributed by atoms with E-state index in [1.165, 1.54) is 0 Å². The summed E-state index contributed by atoms with van der Waals surface area (Å²) < 4.78 is 5.45. The largest absolute Gasteiger partial charge is 0.377 e. The fourth-order valence-corrected chi connectivity index (χ4v) is 2.50. The average Bonchev–Trinajstić information content (AvgIpc) is 2.39. The third-order valence-corrected chi connectivity index (χ3v) is 3.72. The minimum Gasteiger partial charge on any atom is -0.377 e. The molecule has 5 nitrogen and oxygen atoms in total. The van der Waals surface area contributed by atoms with Crippen LogP contribution in [-0.4, -0.2) is 79.6 Å². The van der Waals surface area contributed by atoms with Crippen LogP contribution in [0.5, 0.6) is 0 Å². The first-order valence-electron chi connectivity index (χ1n) is 6.57. The Bertz CT molecular complexity index is 324. The summed E-state index contributed by atoms with van der Waals surface area (Å²) in [5, 5.41) is 0. The van der Waals surface area contributed by atoms with Crippen LogP contribution in [0.25, 0.3) is 0 Å². The smallest absolute Gasteiger partial charge is 0.247 e. The lowest BCUT2D eigenvalue weighted by atomic mass is 10.1. The first-order chi connectivity index (χ1) is 8.59. The normalized spacial score (nSPS) is 26.2. The zero-order valence-corrected chi connectivity index (χ0v) is 11.4. The monoisotopic (exact) mass is 253 g/mol. The molecule has 5 heteroatoms. The van der Waals surface area contributed by atoms with Crippen molar-refractivity contribution < 1.29 is 9.53 Å². The maximum atomic E-state index is 12.5. The standard InChI is InChI=1S/C13H23N3O2/c1-11(2)16-8-9-18-10-12(16)13(17)15-6-4-14(3)5-7-15/h12H,1,4-10H2,2-3H3. The number of hydrogen-bond donors (Lipinski definition) is 0. The quantitative estimate of drug-likeness (QED) is 0.694. The zero-order chi connectivity index (χ0) is 13.1. The summed E-state index contributed by atoms with van der Waals surface area (Å²) in [4.78, 5) is 18.8. The molecule has 2 aliphatic heterocycles. The number of likely N-dealkylation sites (N-methyl/N-ethyl adjacent to an activating group) is 1. The maximum Gasteiger partial charge on any atom is 0.247 e. The van der Waals surface area contributed by atoms with E-state index < -0.39 is 0 Å². The van der Waals surface area contributed by atoms with Gasteiger partial charge in [0.05, 0.1) is 13.2 Å². The third-order valence-electron chi connectivity index (χ3n) is 3.72. The van der Waals surface area contributed by atoms with E-state index in [1.807, 2.05) is 11.8 Å². The Morgan fingerprint density at radius 3 is 2.50 bits per heavy atom. The van der Waals surface area contributed by atoms with Gasteiger partial charge in [-0.25, -0.2) is 0 Å². The summed E-state index contributed by atoms with van der Waals surface area (Å²) in [5.74, 6) is 0.186. The Kier molecular flexibility index (Phi) is 4.24. The Morgan fingerprint density at radius 2 is 1.89 bits per heavy atom. The molecule has 1 amide bonds. The molecule has 0 N–H and O–H groups in total. The number of morpholine rings is 1. The van der Waals surface area contributed by atoms with Gasteiger partial charge in [0, 0.05) is 38.4 Å². The van der Waals surface area contributed by atoms with Crippen LogP contribution < -0.4 is 0 Å². The van der Waals surface area contributed by atoms with Crippen molar-refractivity contribution in [3.63, 3.8) is 0 Å². The van der Waals surface area contributed by atoms with Gasteiger partial charge in [-0.15, -0.1) is 0 Å². The van der Waals surface area contributed by atoms with E-state index >= 15 is 0 Å². The number of rotatable bonds is 2. The highest BCUT2D eigenvalue weighted by Gasteiger charge is 2.33. The molecule has 2 fully saturated rings. The molecule has 0 bridgehead atoms. The second-order valence-corrected chi connectivity index (χ2v) is 5.15. The van der Waals surface area contributed by atoms with Crippen LogP contribution in [0.1, 0.15) is 6.92 Å². The number of carbonyl (C=O) groups excluding carboxylic acids is 1. The number of hydrogen-bond acceptors (Lipinski definition) is 4. The molecule has 18 heavy (non-hydrogen) atoms. The van der Waals surface area contributed by atoms with Crippen molar-refractivity contribution in [1.82, 2.24) is 14.7 Å². The van der Waals surface area contributed by atoms with Crippen LogP contribution in [0.2, 0.25) is 0 Å². The second-order valence-electron chi connectivity index (χ2n) is 5.15. The van der Waals surface area contributed by atoms with Gasteiger partial charge in [0.25, 0.3) is 0 Å². The van der Waals surface area contributed by atoms with Crippen LogP contribution in [0.15, 0.2) is 12.3 Å². The molecule has 1 unspecified atom stereocenters. The lowest BCUT2D eigenvalue weighted by molar-refractivity contribution is -0.143. The Morgan fingerprint density at radius 1 is 1.22 bits per heavy atom. The number of allylic oxidation sites excluding steroid dienone is 1. The topological polar surface area (TPSA) is 36.0 Å². The molecule has 0 radical (unpaired) electrons. The molecule has 0 aliphatic carbocycles. The zero-order valence-electron chi connectivity index (χ0n) is 11.4. The summed E-state index contributed by atoms with van der Waals surface area (Å²) in [5.41, 5.74) is 0.950. The van der Waals surface area contributed by atoms with Crippen molar-refractivity contribution in [2.75, 3.05) is 53.0 Å². The van der Waals surface area contributed by atoms with Gasteiger partial charge >= 0.3 is 0 Å². The van der Waals surface area contributed by atoms with Gasteiger partial charge in [-0.1, -0.05) is 6.58 Å². The number of ether oxygens (including phenoxy) is 1. The molecule has 2 aliphatic rings. The highest BCUT2D eigenvalue weighted by atomic mass is 16.5. The van der Waals surface area contributed by atoms with Gasteiger partial charge in [0.1, 0.15) is 6.04 Å². The maximum absolute atomic E-state index is 12.5. The fraction of sp³-hybridized carbons (Fsp3) is 0.769. The van der Waals surface area contributed by atoms with E-state index in [1.54, 1.807) is 0 Å². The van der Waals surface area contributed by atoms with Crippen molar-refractivity contribution >= 4 is 5.91 Å². The molecule has 0 aromatic carbocycles. The first kappa shape index (κ1) is 13.4. The molecule has 2 saturated heterocycles. The van der Waals surface area contributed by atoms with Gasteiger partial charge < -0.3 is 19.4 Å². The fourth-order valence-electron chi connectivity index (χ4n) is 2.50. The molecule has 0 aromatic heterocycles. The van der Waals surface area contributed by atoms with E-state index in [4.69, 9.17) is 4.74 Å². The summed E-state index contributed by atoms with van der Waals surface area (Å²) in [6.45, 7) is 11.4. The molecular formula is C13H23N3O2. The summed E-state index contributed by atoms with van der Waals surface area (Å²) in [6.07, 6.45) is 0. The molecule has 0 saturated carbocycles. The minimum atomic E-state index is -0.181. The van der Waals surface area contributed by atoms with Crippen molar-refractivity contribution in [3.8, 4) is 0 Å². The van der Waals surface area contributed by atoms with Crippen LogP contribution >= 0.6 is 0 Å². The van der Waals surface area contributed by atoms with E-state index in [0.29, 0.717) is 13.2 Å². The molecular weight excluding hydrogens is 230 g/mol. The number of carbonyl (C=O) groups is 1. The van der Waals surface area contributed by atoms with E-state index in [0.717, 1.165) is 38.4 Å². The average molecular weight is 253 g/mol. The van der Waals surface area contributed by atoms with E-state index in [9.17, 15) is 4.79 Å².